The first-order valence-electron chi connectivity index (χ1n) is 7.81. The first kappa shape index (κ1) is 18.9. The standard InChI is InChI=1S/C19H20ClFN2O2/c1-12(24)22-17-10-13(8-9-16(17)21)18(25)23-19(2,3)11-14-6-4-5-7-15(14)20/h4-10H,11H2,1-3H3,(H,22,24)(H,23,25). The van der Waals surface area contributed by atoms with E-state index in [0.29, 0.717) is 11.4 Å². The van der Waals surface area contributed by atoms with Crippen molar-refractivity contribution in [2.45, 2.75) is 32.7 Å². The monoisotopic (exact) mass is 362 g/mol. The molecule has 0 atom stereocenters. The van der Waals surface area contributed by atoms with E-state index < -0.39 is 17.3 Å². The van der Waals surface area contributed by atoms with Gasteiger partial charge in [0, 0.05) is 23.0 Å². The van der Waals surface area contributed by atoms with Gasteiger partial charge in [0.25, 0.3) is 5.91 Å². The fraction of sp³-hybridized carbons (Fsp3) is 0.263. The molecule has 0 saturated heterocycles. The molecule has 0 aromatic heterocycles. The summed E-state index contributed by atoms with van der Waals surface area (Å²) in [7, 11) is 0. The third-order valence-electron chi connectivity index (χ3n) is 3.58. The van der Waals surface area contributed by atoms with E-state index in [2.05, 4.69) is 10.6 Å². The van der Waals surface area contributed by atoms with Gasteiger partial charge in [-0.1, -0.05) is 29.8 Å². The lowest BCUT2D eigenvalue weighted by atomic mass is 9.94. The second kappa shape index (κ2) is 7.66. The summed E-state index contributed by atoms with van der Waals surface area (Å²) < 4.78 is 13.7. The van der Waals surface area contributed by atoms with Gasteiger partial charge in [-0.25, -0.2) is 4.39 Å². The topological polar surface area (TPSA) is 58.2 Å². The summed E-state index contributed by atoms with van der Waals surface area (Å²) in [6, 6.07) is 11.3. The Morgan fingerprint density at radius 3 is 2.48 bits per heavy atom. The molecule has 2 aromatic rings. The summed E-state index contributed by atoms with van der Waals surface area (Å²) >= 11 is 6.18. The van der Waals surface area contributed by atoms with E-state index >= 15 is 0 Å². The lowest BCUT2D eigenvalue weighted by Gasteiger charge is -2.27. The number of halogens is 2. The van der Waals surface area contributed by atoms with Gasteiger partial charge in [-0.2, -0.15) is 0 Å². The molecule has 6 heteroatoms. The first-order valence-corrected chi connectivity index (χ1v) is 8.19. The highest BCUT2D eigenvalue weighted by Gasteiger charge is 2.23. The van der Waals surface area contributed by atoms with Crippen molar-refractivity contribution >= 4 is 29.1 Å². The third-order valence-corrected chi connectivity index (χ3v) is 3.95. The Labute approximate surface area is 151 Å². The van der Waals surface area contributed by atoms with Gasteiger partial charge in [0.05, 0.1) is 5.69 Å². The van der Waals surface area contributed by atoms with Crippen LogP contribution in [0.2, 0.25) is 5.02 Å². The molecule has 0 bridgehead atoms. The molecular weight excluding hydrogens is 343 g/mol. The molecule has 0 spiro atoms. The molecule has 25 heavy (non-hydrogen) atoms. The molecule has 0 heterocycles. The Morgan fingerprint density at radius 2 is 1.84 bits per heavy atom. The lowest BCUT2D eigenvalue weighted by molar-refractivity contribution is -0.114. The minimum atomic E-state index is -0.595. The summed E-state index contributed by atoms with van der Waals surface area (Å²) in [4.78, 5) is 23.6. The van der Waals surface area contributed by atoms with E-state index in [1.807, 2.05) is 32.0 Å². The molecule has 0 radical (unpaired) electrons. The van der Waals surface area contributed by atoms with E-state index in [-0.39, 0.29) is 17.2 Å². The lowest BCUT2D eigenvalue weighted by Crippen LogP contribution is -2.45. The average Bonchev–Trinajstić information content (AvgIpc) is 2.50. The van der Waals surface area contributed by atoms with Crippen molar-refractivity contribution in [2.24, 2.45) is 0 Å². The molecular formula is C19H20ClFN2O2. The van der Waals surface area contributed by atoms with Crippen LogP contribution in [-0.4, -0.2) is 17.4 Å². The molecule has 4 nitrogen and oxygen atoms in total. The maximum atomic E-state index is 13.7. The predicted octanol–water partition coefficient (Wildman–Crippen LogP) is 4.19. The van der Waals surface area contributed by atoms with Crippen molar-refractivity contribution in [3.05, 3.63) is 64.4 Å². The minimum Gasteiger partial charge on any atom is -0.347 e. The van der Waals surface area contributed by atoms with Gasteiger partial charge in [0.2, 0.25) is 5.91 Å². The van der Waals surface area contributed by atoms with E-state index in [1.165, 1.54) is 19.1 Å². The van der Waals surface area contributed by atoms with Crippen molar-refractivity contribution in [3.63, 3.8) is 0 Å². The van der Waals surface area contributed by atoms with Gasteiger partial charge >= 0.3 is 0 Å². The van der Waals surface area contributed by atoms with E-state index in [4.69, 9.17) is 11.6 Å². The van der Waals surface area contributed by atoms with Crippen LogP contribution in [0.5, 0.6) is 0 Å². The molecule has 132 valence electrons. The third kappa shape index (κ3) is 5.29. The van der Waals surface area contributed by atoms with Gasteiger partial charge in [0.1, 0.15) is 5.82 Å². The summed E-state index contributed by atoms with van der Waals surface area (Å²) in [5.74, 6) is -1.36. The number of hydrogen-bond donors (Lipinski definition) is 2. The molecule has 0 aliphatic heterocycles. The Hall–Kier alpha value is -2.40. The van der Waals surface area contributed by atoms with Crippen molar-refractivity contribution in [2.75, 3.05) is 5.32 Å². The van der Waals surface area contributed by atoms with Gasteiger partial charge < -0.3 is 10.6 Å². The first-order chi connectivity index (χ1) is 11.7. The largest absolute Gasteiger partial charge is 0.347 e. The number of anilines is 1. The molecule has 2 N–H and O–H groups in total. The zero-order valence-corrected chi connectivity index (χ0v) is 15.1. The fourth-order valence-electron chi connectivity index (χ4n) is 2.49. The van der Waals surface area contributed by atoms with E-state index in [0.717, 1.165) is 11.6 Å². The zero-order chi connectivity index (χ0) is 18.6. The van der Waals surface area contributed by atoms with Crippen LogP contribution in [0.4, 0.5) is 10.1 Å². The highest BCUT2D eigenvalue weighted by atomic mass is 35.5. The van der Waals surface area contributed by atoms with Crippen LogP contribution in [0.25, 0.3) is 0 Å². The summed E-state index contributed by atoms with van der Waals surface area (Å²) in [6.45, 7) is 5.04. The quantitative estimate of drug-likeness (QED) is 0.837. The smallest absolute Gasteiger partial charge is 0.251 e. The van der Waals surface area contributed by atoms with Crippen LogP contribution in [0, 0.1) is 5.82 Å². The second-order valence-corrected chi connectivity index (χ2v) is 6.89. The number of carbonyl (C=O) groups excluding carboxylic acids is 2. The Balaban J connectivity index is 2.15. The number of carbonyl (C=O) groups is 2. The van der Waals surface area contributed by atoms with Crippen LogP contribution in [0.15, 0.2) is 42.5 Å². The molecule has 0 fully saturated rings. The summed E-state index contributed by atoms with van der Waals surface area (Å²) in [6.07, 6.45) is 0.540. The highest BCUT2D eigenvalue weighted by Crippen LogP contribution is 2.22. The van der Waals surface area contributed by atoms with Gasteiger partial charge in [-0.3, -0.25) is 9.59 Å². The zero-order valence-electron chi connectivity index (χ0n) is 14.3. The highest BCUT2D eigenvalue weighted by molar-refractivity contribution is 6.31. The van der Waals surface area contributed by atoms with Crippen LogP contribution in [0.1, 0.15) is 36.7 Å². The number of benzene rings is 2. The molecule has 2 aromatic carbocycles. The van der Waals surface area contributed by atoms with Crippen LogP contribution in [0.3, 0.4) is 0 Å². The summed E-state index contributed by atoms with van der Waals surface area (Å²) in [5.41, 5.74) is 0.596. The van der Waals surface area contributed by atoms with Crippen molar-refractivity contribution in [1.29, 1.82) is 0 Å². The summed E-state index contributed by atoms with van der Waals surface area (Å²) in [5, 5.41) is 5.92. The number of amides is 2. The van der Waals surface area contributed by atoms with Crippen LogP contribution in [-0.2, 0) is 11.2 Å². The van der Waals surface area contributed by atoms with Gasteiger partial charge in [-0.15, -0.1) is 0 Å². The predicted molar refractivity (Wildman–Crippen MR) is 97.4 cm³/mol. The number of hydrogen-bond acceptors (Lipinski definition) is 2. The Morgan fingerprint density at radius 1 is 1.16 bits per heavy atom. The molecule has 2 amide bonds. The van der Waals surface area contributed by atoms with Crippen molar-refractivity contribution in [1.82, 2.24) is 5.32 Å². The SMILES string of the molecule is CC(=O)Nc1cc(C(=O)NC(C)(C)Cc2ccccc2Cl)ccc1F. The number of rotatable bonds is 5. The van der Waals surface area contributed by atoms with Gasteiger partial charge in [0.15, 0.2) is 0 Å². The van der Waals surface area contributed by atoms with Crippen LogP contribution >= 0.6 is 11.6 Å². The maximum Gasteiger partial charge on any atom is 0.251 e. The molecule has 0 unspecified atom stereocenters. The normalized spacial score (nSPS) is 11.1. The Bertz CT molecular complexity index is 806. The van der Waals surface area contributed by atoms with Crippen molar-refractivity contribution < 1.29 is 14.0 Å². The molecule has 0 aliphatic carbocycles. The minimum absolute atomic E-state index is 0.0240. The fourth-order valence-corrected chi connectivity index (χ4v) is 2.70. The average molecular weight is 363 g/mol. The Kier molecular flexibility index (Phi) is 5.80. The molecule has 0 aliphatic rings. The van der Waals surface area contributed by atoms with E-state index in [1.54, 1.807) is 6.07 Å². The second-order valence-electron chi connectivity index (χ2n) is 6.48. The number of nitrogens with one attached hydrogen (secondary N) is 2. The molecule has 0 saturated carbocycles. The van der Waals surface area contributed by atoms with Crippen LogP contribution < -0.4 is 10.6 Å². The van der Waals surface area contributed by atoms with Gasteiger partial charge in [-0.05, 0) is 50.1 Å². The maximum absolute atomic E-state index is 13.7. The van der Waals surface area contributed by atoms with E-state index in [9.17, 15) is 14.0 Å². The van der Waals surface area contributed by atoms with Crippen molar-refractivity contribution in [3.8, 4) is 0 Å². The molecule has 2 rings (SSSR count).